The lowest BCUT2D eigenvalue weighted by molar-refractivity contribution is 0.492. The van der Waals surface area contributed by atoms with Crippen molar-refractivity contribution in [1.82, 2.24) is 9.99 Å². The average Bonchev–Trinajstić information content (AvgIpc) is 1.94. The van der Waals surface area contributed by atoms with Crippen LogP contribution in [0, 0.1) is 6.92 Å². The summed E-state index contributed by atoms with van der Waals surface area (Å²) in [5.41, 5.74) is 4.22. The highest BCUT2D eigenvalue weighted by Crippen LogP contribution is 2.20. The van der Waals surface area contributed by atoms with E-state index in [0.29, 0.717) is 0 Å². The van der Waals surface area contributed by atoms with Crippen LogP contribution in [0.15, 0.2) is 16.7 Å². The molecule has 1 heterocycles. The standard InChI is InChI=1S/C8H12BrN3/c1-6-4-7(9)8(10-5-6)11-12(2)3/h4-5H,1-3H3,(H,10,11). The molecule has 1 rings (SSSR count). The van der Waals surface area contributed by atoms with E-state index in [0.717, 1.165) is 15.9 Å². The number of aromatic nitrogens is 1. The van der Waals surface area contributed by atoms with Crippen molar-refractivity contribution >= 4 is 21.7 Å². The molecule has 0 aliphatic carbocycles. The van der Waals surface area contributed by atoms with Crippen LogP contribution in [0.25, 0.3) is 0 Å². The third kappa shape index (κ3) is 2.46. The molecular weight excluding hydrogens is 218 g/mol. The Morgan fingerprint density at radius 1 is 1.50 bits per heavy atom. The van der Waals surface area contributed by atoms with Gasteiger partial charge in [-0.05, 0) is 34.5 Å². The van der Waals surface area contributed by atoms with Crippen molar-refractivity contribution < 1.29 is 0 Å². The Kier molecular flexibility index (Phi) is 3.05. The van der Waals surface area contributed by atoms with Gasteiger partial charge in [0.25, 0.3) is 0 Å². The monoisotopic (exact) mass is 229 g/mol. The molecule has 1 aromatic heterocycles. The lowest BCUT2D eigenvalue weighted by Crippen LogP contribution is -2.20. The van der Waals surface area contributed by atoms with Gasteiger partial charge >= 0.3 is 0 Å². The molecule has 3 nitrogen and oxygen atoms in total. The van der Waals surface area contributed by atoms with E-state index in [1.807, 2.05) is 38.3 Å². The SMILES string of the molecule is Cc1cnc(NN(C)C)c(Br)c1. The highest BCUT2D eigenvalue weighted by Gasteiger charge is 2.00. The van der Waals surface area contributed by atoms with E-state index in [4.69, 9.17) is 0 Å². The summed E-state index contributed by atoms with van der Waals surface area (Å²) >= 11 is 3.42. The first-order valence-corrected chi connectivity index (χ1v) is 4.45. The molecule has 66 valence electrons. The fourth-order valence-corrected chi connectivity index (χ4v) is 1.38. The molecule has 0 spiro atoms. The second-order valence-corrected chi connectivity index (χ2v) is 3.70. The molecule has 0 saturated heterocycles. The number of nitrogens with one attached hydrogen (secondary N) is 1. The van der Waals surface area contributed by atoms with E-state index in [1.54, 1.807) is 0 Å². The lowest BCUT2D eigenvalue weighted by Gasteiger charge is -2.13. The smallest absolute Gasteiger partial charge is 0.154 e. The Balaban J connectivity index is 2.86. The number of aryl methyl sites for hydroxylation is 1. The number of halogens is 1. The lowest BCUT2D eigenvalue weighted by atomic mass is 10.3. The maximum Gasteiger partial charge on any atom is 0.154 e. The summed E-state index contributed by atoms with van der Waals surface area (Å²) in [5.74, 6) is 0.839. The molecule has 0 fully saturated rings. The molecule has 4 heteroatoms. The first kappa shape index (κ1) is 9.48. The maximum atomic E-state index is 4.22. The number of nitrogens with zero attached hydrogens (tertiary/aromatic N) is 2. The highest BCUT2D eigenvalue weighted by molar-refractivity contribution is 9.10. The molecule has 0 bridgehead atoms. The molecule has 0 aliphatic heterocycles. The zero-order chi connectivity index (χ0) is 9.14. The van der Waals surface area contributed by atoms with Gasteiger partial charge in [0.2, 0.25) is 0 Å². The van der Waals surface area contributed by atoms with E-state index >= 15 is 0 Å². The summed E-state index contributed by atoms with van der Waals surface area (Å²) in [7, 11) is 3.85. The predicted molar refractivity (Wildman–Crippen MR) is 54.0 cm³/mol. The average molecular weight is 230 g/mol. The van der Waals surface area contributed by atoms with Crippen molar-refractivity contribution in [3.8, 4) is 0 Å². The molecule has 0 unspecified atom stereocenters. The van der Waals surface area contributed by atoms with E-state index in [-0.39, 0.29) is 0 Å². The quantitative estimate of drug-likeness (QED) is 0.788. The summed E-state index contributed by atoms with van der Waals surface area (Å²) in [6.45, 7) is 2.01. The first-order valence-electron chi connectivity index (χ1n) is 3.65. The summed E-state index contributed by atoms with van der Waals surface area (Å²) in [4.78, 5) is 4.22. The fourth-order valence-electron chi connectivity index (χ4n) is 0.828. The number of rotatable bonds is 2. The van der Waals surface area contributed by atoms with Crippen molar-refractivity contribution in [3.05, 3.63) is 22.3 Å². The van der Waals surface area contributed by atoms with Crippen molar-refractivity contribution in [2.45, 2.75) is 6.92 Å². The number of hydrogen-bond donors (Lipinski definition) is 1. The van der Waals surface area contributed by atoms with Gasteiger partial charge in [0, 0.05) is 20.3 Å². The van der Waals surface area contributed by atoms with Crippen molar-refractivity contribution in [2.75, 3.05) is 19.5 Å². The van der Waals surface area contributed by atoms with Gasteiger partial charge in [-0.15, -0.1) is 0 Å². The predicted octanol–water partition coefficient (Wildman–Crippen LogP) is 2.04. The Labute approximate surface area is 80.9 Å². The van der Waals surface area contributed by atoms with Crippen LogP contribution < -0.4 is 5.43 Å². The van der Waals surface area contributed by atoms with Crippen LogP contribution in [-0.2, 0) is 0 Å². The van der Waals surface area contributed by atoms with Crippen LogP contribution in [0.3, 0.4) is 0 Å². The highest BCUT2D eigenvalue weighted by atomic mass is 79.9. The Bertz CT molecular complexity index is 273. The van der Waals surface area contributed by atoms with Crippen molar-refractivity contribution in [3.63, 3.8) is 0 Å². The molecule has 0 amide bonds. The van der Waals surface area contributed by atoms with E-state index in [2.05, 4.69) is 26.3 Å². The van der Waals surface area contributed by atoms with Crippen LogP contribution in [0.2, 0.25) is 0 Å². The number of hydrogen-bond acceptors (Lipinski definition) is 3. The second kappa shape index (κ2) is 3.87. The summed E-state index contributed by atoms with van der Waals surface area (Å²) < 4.78 is 0.983. The second-order valence-electron chi connectivity index (χ2n) is 2.85. The van der Waals surface area contributed by atoms with Crippen LogP contribution in [0.1, 0.15) is 5.56 Å². The third-order valence-corrected chi connectivity index (χ3v) is 1.91. The maximum absolute atomic E-state index is 4.22. The van der Waals surface area contributed by atoms with Crippen molar-refractivity contribution in [1.29, 1.82) is 0 Å². The number of pyridine rings is 1. The van der Waals surface area contributed by atoms with Crippen molar-refractivity contribution in [2.24, 2.45) is 0 Å². The van der Waals surface area contributed by atoms with Crippen LogP contribution in [-0.4, -0.2) is 24.1 Å². The molecule has 1 N–H and O–H groups in total. The Morgan fingerprint density at radius 2 is 2.17 bits per heavy atom. The van der Waals surface area contributed by atoms with Gasteiger partial charge in [-0.3, -0.25) is 0 Å². The molecule has 0 atom stereocenters. The summed E-state index contributed by atoms with van der Waals surface area (Å²) in [6.07, 6.45) is 1.83. The van der Waals surface area contributed by atoms with Crippen LogP contribution >= 0.6 is 15.9 Å². The molecule has 0 aliphatic rings. The van der Waals surface area contributed by atoms with E-state index < -0.39 is 0 Å². The minimum atomic E-state index is 0.839. The van der Waals surface area contributed by atoms with Crippen LogP contribution in [0.4, 0.5) is 5.82 Å². The minimum absolute atomic E-state index is 0.839. The number of anilines is 1. The normalized spacial score (nSPS) is 10.4. The molecular formula is C8H12BrN3. The molecule has 0 radical (unpaired) electrons. The molecule has 12 heavy (non-hydrogen) atoms. The first-order chi connectivity index (χ1) is 5.59. The zero-order valence-electron chi connectivity index (χ0n) is 7.43. The van der Waals surface area contributed by atoms with Gasteiger partial charge in [0.05, 0.1) is 4.47 Å². The van der Waals surface area contributed by atoms with Gasteiger partial charge in [0.1, 0.15) is 0 Å². The molecule has 0 aromatic carbocycles. The fraction of sp³-hybridized carbons (Fsp3) is 0.375. The van der Waals surface area contributed by atoms with Gasteiger partial charge in [-0.1, -0.05) is 0 Å². The summed E-state index contributed by atoms with van der Waals surface area (Å²) in [6, 6.07) is 2.03. The molecule has 0 saturated carbocycles. The van der Waals surface area contributed by atoms with E-state index in [1.165, 1.54) is 0 Å². The minimum Gasteiger partial charge on any atom is -0.303 e. The topological polar surface area (TPSA) is 28.2 Å². The summed E-state index contributed by atoms with van der Waals surface area (Å²) in [5, 5.41) is 1.85. The van der Waals surface area contributed by atoms with Gasteiger partial charge in [-0.25, -0.2) is 9.99 Å². The largest absolute Gasteiger partial charge is 0.303 e. The third-order valence-electron chi connectivity index (χ3n) is 1.31. The van der Waals surface area contributed by atoms with Gasteiger partial charge in [-0.2, -0.15) is 0 Å². The van der Waals surface area contributed by atoms with E-state index in [9.17, 15) is 0 Å². The molecule has 1 aromatic rings. The Hall–Kier alpha value is -0.610. The van der Waals surface area contributed by atoms with Gasteiger partial charge in [0.15, 0.2) is 5.82 Å². The van der Waals surface area contributed by atoms with Crippen LogP contribution in [0.5, 0.6) is 0 Å². The Morgan fingerprint density at radius 3 is 2.67 bits per heavy atom. The van der Waals surface area contributed by atoms with Gasteiger partial charge < -0.3 is 5.43 Å². The number of hydrazine groups is 1. The zero-order valence-corrected chi connectivity index (χ0v) is 9.01.